The first-order valence-electron chi connectivity index (χ1n) is 11.4. The number of halogens is 4. The van der Waals surface area contributed by atoms with Gasteiger partial charge in [0.25, 0.3) is 0 Å². The number of hydrogen-bond acceptors (Lipinski definition) is 7. The molecule has 1 saturated heterocycles. The van der Waals surface area contributed by atoms with E-state index in [0.717, 1.165) is 37.1 Å². The van der Waals surface area contributed by atoms with E-state index in [1.165, 1.54) is 0 Å². The maximum atomic E-state index is 12.6. The first-order chi connectivity index (χ1) is 16.6. The summed E-state index contributed by atoms with van der Waals surface area (Å²) in [6.07, 6.45) is -0.932. The molecule has 0 radical (unpaired) electrons. The minimum Gasteiger partial charge on any atom is -0.384 e. The van der Waals surface area contributed by atoms with Crippen LogP contribution in [0.2, 0.25) is 5.02 Å². The largest absolute Gasteiger partial charge is 0.491 e. The van der Waals surface area contributed by atoms with Crippen LogP contribution in [0.25, 0.3) is 0 Å². The van der Waals surface area contributed by atoms with Crippen molar-refractivity contribution in [3.05, 3.63) is 47.0 Å². The molecule has 0 spiro atoms. The predicted octanol–water partition coefficient (Wildman–Crippen LogP) is 3.44. The van der Waals surface area contributed by atoms with Gasteiger partial charge in [0.05, 0.1) is 6.61 Å². The third-order valence-electron chi connectivity index (χ3n) is 6.56. The third kappa shape index (κ3) is 6.39. The highest BCUT2D eigenvalue weighted by Crippen LogP contribution is 2.35. The Labute approximate surface area is 205 Å². The standard InChI is InChI=1S/C23H26ClF3N4O4/c1-30-13-28-20(29-30)15-4-8-17(9-5-15)31-11-19(21(32)35-22(33)23(25,26)27)34-12-18(31)10-14-2-6-16(24)7-3-14/h2-3,6-7,13,15,17-19H,4-5,8-12H2,1H3/t15?,17?,18-,19+/m0/s1. The normalized spacial score (nSPS) is 25.9. The van der Waals surface area contributed by atoms with Crippen molar-refractivity contribution in [2.24, 2.45) is 7.05 Å². The Bertz CT molecular complexity index is 1040. The number of nitrogens with zero attached hydrogens (tertiary/aromatic N) is 4. The maximum Gasteiger partial charge on any atom is 0.491 e. The molecular weight excluding hydrogens is 489 g/mol. The highest BCUT2D eigenvalue weighted by molar-refractivity contribution is 6.30. The van der Waals surface area contributed by atoms with E-state index < -0.39 is 24.2 Å². The Morgan fingerprint density at radius 1 is 1.17 bits per heavy atom. The van der Waals surface area contributed by atoms with Crippen LogP contribution in [0.4, 0.5) is 13.2 Å². The molecule has 2 atom stereocenters. The number of esters is 2. The number of hydrogen-bond donors (Lipinski definition) is 0. The van der Waals surface area contributed by atoms with Gasteiger partial charge in [-0.05, 0) is 49.8 Å². The van der Waals surface area contributed by atoms with Gasteiger partial charge in [0.15, 0.2) is 11.9 Å². The molecule has 8 nitrogen and oxygen atoms in total. The van der Waals surface area contributed by atoms with Crippen LogP contribution in [0.5, 0.6) is 0 Å². The first-order valence-corrected chi connectivity index (χ1v) is 11.8. The molecule has 12 heteroatoms. The zero-order chi connectivity index (χ0) is 25.2. The second-order valence-corrected chi connectivity index (χ2v) is 9.43. The van der Waals surface area contributed by atoms with E-state index in [0.29, 0.717) is 11.4 Å². The van der Waals surface area contributed by atoms with E-state index in [-0.39, 0.29) is 31.2 Å². The Morgan fingerprint density at radius 3 is 2.46 bits per heavy atom. The van der Waals surface area contributed by atoms with Crippen LogP contribution in [0, 0.1) is 0 Å². The van der Waals surface area contributed by atoms with Crippen LogP contribution in [-0.4, -0.2) is 69.1 Å². The zero-order valence-corrected chi connectivity index (χ0v) is 19.8. The number of rotatable bonds is 5. The molecule has 0 unspecified atom stereocenters. The molecule has 4 rings (SSSR count). The summed E-state index contributed by atoms with van der Waals surface area (Å²) in [7, 11) is 1.82. The van der Waals surface area contributed by atoms with E-state index in [1.807, 2.05) is 19.2 Å². The number of benzene rings is 1. The monoisotopic (exact) mass is 514 g/mol. The number of ether oxygens (including phenoxy) is 2. The predicted molar refractivity (Wildman–Crippen MR) is 119 cm³/mol. The Morgan fingerprint density at radius 2 is 1.86 bits per heavy atom. The van der Waals surface area contributed by atoms with Crippen molar-refractivity contribution in [2.75, 3.05) is 13.2 Å². The molecule has 2 fully saturated rings. The lowest BCUT2D eigenvalue weighted by molar-refractivity contribution is -0.207. The van der Waals surface area contributed by atoms with Gasteiger partial charge >= 0.3 is 18.1 Å². The van der Waals surface area contributed by atoms with Gasteiger partial charge in [-0.2, -0.15) is 18.3 Å². The Balaban J connectivity index is 1.46. The minimum absolute atomic E-state index is 0.0411. The average molecular weight is 515 g/mol. The molecule has 1 saturated carbocycles. The van der Waals surface area contributed by atoms with Gasteiger partial charge in [-0.3, -0.25) is 9.58 Å². The molecule has 1 aromatic heterocycles. The summed E-state index contributed by atoms with van der Waals surface area (Å²) in [6, 6.07) is 7.38. The molecule has 0 N–H and O–H groups in total. The fraction of sp³-hybridized carbons (Fsp3) is 0.565. The lowest BCUT2D eigenvalue weighted by atomic mass is 9.83. The molecule has 35 heavy (non-hydrogen) atoms. The number of alkyl halides is 3. The summed E-state index contributed by atoms with van der Waals surface area (Å²) in [5, 5.41) is 5.02. The van der Waals surface area contributed by atoms with Crippen LogP contribution in [0.15, 0.2) is 30.6 Å². The van der Waals surface area contributed by atoms with E-state index in [4.69, 9.17) is 16.3 Å². The lowest BCUT2D eigenvalue weighted by Gasteiger charge is -2.45. The molecule has 1 aromatic carbocycles. The van der Waals surface area contributed by atoms with E-state index in [1.54, 1.807) is 23.1 Å². The summed E-state index contributed by atoms with van der Waals surface area (Å²) in [6.45, 7) is 0.156. The minimum atomic E-state index is -5.25. The van der Waals surface area contributed by atoms with Crippen LogP contribution in [-0.2, 0) is 32.5 Å². The Hall–Kier alpha value is -2.50. The summed E-state index contributed by atoms with van der Waals surface area (Å²) in [4.78, 5) is 29.9. The summed E-state index contributed by atoms with van der Waals surface area (Å²) >= 11 is 5.99. The summed E-state index contributed by atoms with van der Waals surface area (Å²) < 4.78 is 49.0. The van der Waals surface area contributed by atoms with Crippen LogP contribution in [0.3, 0.4) is 0 Å². The molecule has 0 bridgehead atoms. The second-order valence-electron chi connectivity index (χ2n) is 8.99. The van der Waals surface area contributed by atoms with Crippen molar-refractivity contribution in [2.45, 2.75) is 62.4 Å². The van der Waals surface area contributed by atoms with Crippen molar-refractivity contribution in [3.8, 4) is 0 Å². The van der Waals surface area contributed by atoms with Gasteiger partial charge in [0, 0.05) is 36.6 Å². The van der Waals surface area contributed by atoms with Crippen LogP contribution < -0.4 is 0 Å². The van der Waals surface area contributed by atoms with Gasteiger partial charge in [-0.15, -0.1) is 0 Å². The Kier molecular flexibility index (Phi) is 7.77. The third-order valence-corrected chi connectivity index (χ3v) is 6.81. The van der Waals surface area contributed by atoms with Crippen LogP contribution >= 0.6 is 11.6 Å². The molecule has 1 aliphatic carbocycles. The highest BCUT2D eigenvalue weighted by atomic mass is 35.5. The van der Waals surface area contributed by atoms with Gasteiger partial charge in [0.2, 0.25) is 0 Å². The molecule has 2 aliphatic rings. The van der Waals surface area contributed by atoms with Crippen LogP contribution in [0.1, 0.15) is 43.0 Å². The molecule has 2 heterocycles. The zero-order valence-electron chi connectivity index (χ0n) is 19.1. The molecular formula is C23H26ClF3N4O4. The molecule has 1 aliphatic heterocycles. The van der Waals surface area contributed by atoms with Crippen molar-refractivity contribution < 1.29 is 32.2 Å². The number of carbonyl (C=O) groups is 2. The summed E-state index contributed by atoms with van der Waals surface area (Å²) in [5.41, 5.74) is 1.02. The van der Waals surface area contributed by atoms with Gasteiger partial charge in [-0.1, -0.05) is 23.7 Å². The van der Waals surface area contributed by atoms with Crippen molar-refractivity contribution in [1.29, 1.82) is 0 Å². The fourth-order valence-electron chi connectivity index (χ4n) is 4.80. The van der Waals surface area contributed by atoms with Gasteiger partial charge in [-0.25, -0.2) is 14.6 Å². The molecule has 0 amide bonds. The average Bonchev–Trinajstić information content (AvgIpc) is 3.26. The van der Waals surface area contributed by atoms with Crippen molar-refractivity contribution in [1.82, 2.24) is 19.7 Å². The number of carbonyl (C=O) groups excluding carboxylic acids is 2. The van der Waals surface area contributed by atoms with E-state index in [2.05, 4.69) is 19.7 Å². The lowest BCUT2D eigenvalue weighted by Crippen LogP contribution is -2.57. The second kappa shape index (κ2) is 10.6. The number of morpholine rings is 1. The van der Waals surface area contributed by atoms with Crippen molar-refractivity contribution in [3.63, 3.8) is 0 Å². The quantitative estimate of drug-likeness (QED) is 0.446. The highest BCUT2D eigenvalue weighted by Gasteiger charge is 2.45. The molecule has 2 aromatic rings. The first kappa shape index (κ1) is 25.6. The number of aryl methyl sites for hydroxylation is 1. The fourth-order valence-corrected chi connectivity index (χ4v) is 4.92. The smallest absolute Gasteiger partial charge is 0.384 e. The number of aromatic nitrogens is 3. The maximum absolute atomic E-state index is 12.6. The van der Waals surface area contributed by atoms with Gasteiger partial charge < -0.3 is 9.47 Å². The van der Waals surface area contributed by atoms with E-state index in [9.17, 15) is 22.8 Å². The van der Waals surface area contributed by atoms with E-state index >= 15 is 0 Å². The molecule has 190 valence electrons. The van der Waals surface area contributed by atoms with Crippen molar-refractivity contribution >= 4 is 23.5 Å². The van der Waals surface area contributed by atoms with Gasteiger partial charge in [0.1, 0.15) is 6.33 Å². The summed E-state index contributed by atoms with van der Waals surface area (Å²) in [5.74, 6) is -2.83. The SMILES string of the molecule is Cn1cnc(C2CCC(N3C[C@H](C(=O)OC(=O)C(F)(F)F)OC[C@@H]3Cc3ccc(Cl)cc3)CC2)n1. The topological polar surface area (TPSA) is 86.6 Å².